The topological polar surface area (TPSA) is 45.8 Å². The minimum Gasteiger partial charge on any atom is -0.356 e. The van der Waals surface area contributed by atoms with Crippen LogP contribution in [0.5, 0.6) is 0 Å². The van der Waals surface area contributed by atoms with Gasteiger partial charge in [0.2, 0.25) is 0 Å². The molecule has 18 heavy (non-hydrogen) atoms. The fraction of sp³-hybridized carbons (Fsp3) is 0.200. The zero-order valence-corrected chi connectivity index (χ0v) is 9.86. The van der Waals surface area contributed by atoms with Crippen LogP contribution in [0, 0.1) is 0 Å². The van der Waals surface area contributed by atoms with Crippen LogP contribution in [0.1, 0.15) is 28.9 Å². The van der Waals surface area contributed by atoms with E-state index < -0.39 is 0 Å². The van der Waals surface area contributed by atoms with Crippen molar-refractivity contribution in [3.8, 4) is 0 Å². The van der Waals surface area contributed by atoms with Gasteiger partial charge in [-0.25, -0.2) is 0 Å². The molecule has 1 aromatic carbocycles. The Morgan fingerprint density at radius 2 is 2.06 bits per heavy atom. The van der Waals surface area contributed by atoms with Crippen molar-refractivity contribution in [2.75, 3.05) is 0 Å². The van der Waals surface area contributed by atoms with Crippen LogP contribution in [-0.4, -0.2) is 15.8 Å². The van der Waals surface area contributed by atoms with E-state index in [9.17, 15) is 4.79 Å². The van der Waals surface area contributed by atoms with Crippen LogP contribution in [0.2, 0.25) is 0 Å². The summed E-state index contributed by atoms with van der Waals surface area (Å²) in [4.78, 5) is 20.0. The van der Waals surface area contributed by atoms with Gasteiger partial charge >= 0.3 is 0 Å². The number of fused-ring (bicyclic) bond motifs is 5. The van der Waals surface area contributed by atoms with E-state index in [0.717, 1.165) is 45.9 Å². The second-order valence-electron chi connectivity index (χ2n) is 4.82. The molecular weight excluding hydrogens is 224 g/mol. The third-order valence-electron chi connectivity index (χ3n) is 3.72. The Morgan fingerprint density at radius 1 is 1.17 bits per heavy atom. The summed E-state index contributed by atoms with van der Waals surface area (Å²) < 4.78 is 0. The fourth-order valence-electron chi connectivity index (χ4n) is 2.93. The van der Waals surface area contributed by atoms with Gasteiger partial charge in [-0.3, -0.25) is 9.78 Å². The van der Waals surface area contributed by atoms with Crippen molar-refractivity contribution in [3.05, 3.63) is 41.7 Å². The lowest BCUT2D eigenvalue weighted by molar-refractivity contribution is 0.0974. The number of Topliss-reactive ketones (excluding diaryl/α,β-unsaturated/α-hetero) is 1. The Hall–Kier alpha value is -2.16. The average Bonchev–Trinajstić information content (AvgIpc) is 2.79. The zero-order chi connectivity index (χ0) is 12.1. The SMILES string of the molecule is O=C1CCCc2[nH]c3cnc4ccccc4c3c21. The van der Waals surface area contributed by atoms with Crippen LogP contribution in [0.15, 0.2) is 30.5 Å². The van der Waals surface area contributed by atoms with Gasteiger partial charge in [0.05, 0.1) is 17.2 Å². The first-order valence-corrected chi connectivity index (χ1v) is 6.26. The molecule has 0 amide bonds. The minimum atomic E-state index is 0.263. The van der Waals surface area contributed by atoms with Crippen LogP contribution in [0.25, 0.3) is 21.8 Å². The maximum absolute atomic E-state index is 12.2. The first-order chi connectivity index (χ1) is 8.84. The smallest absolute Gasteiger partial charge is 0.165 e. The lowest BCUT2D eigenvalue weighted by atomic mass is 9.93. The van der Waals surface area contributed by atoms with Crippen LogP contribution in [0.4, 0.5) is 0 Å². The molecule has 0 saturated carbocycles. The molecule has 3 nitrogen and oxygen atoms in total. The molecule has 2 heterocycles. The van der Waals surface area contributed by atoms with Gasteiger partial charge in [-0.2, -0.15) is 0 Å². The number of hydrogen-bond donors (Lipinski definition) is 1. The van der Waals surface area contributed by atoms with E-state index in [2.05, 4.69) is 9.97 Å². The highest BCUT2D eigenvalue weighted by molar-refractivity contribution is 6.18. The van der Waals surface area contributed by atoms with E-state index in [0.29, 0.717) is 6.42 Å². The number of para-hydroxylation sites is 1. The molecule has 1 aliphatic carbocycles. The summed E-state index contributed by atoms with van der Waals surface area (Å²) in [5.74, 6) is 0.263. The van der Waals surface area contributed by atoms with Crippen LogP contribution in [-0.2, 0) is 6.42 Å². The number of nitrogens with one attached hydrogen (secondary N) is 1. The normalized spacial score (nSPS) is 15.2. The summed E-state index contributed by atoms with van der Waals surface area (Å²) in [6.07, 6.45) is 4.41. The lowest BCUT2D eigenvalue weighted by Crippen LogP contribution is -2.09. The number of carbonyl (C=O) groups excluding carboxylic acids is 1. The molecule has 0 bridgehead atoms. The van der Waals surface area contributed by atoms with Gasteiger partial charge in [0.25, 0.3) is 0 Å². The third-order valence-corrected chi connectivity index (χ3v) is 3.72. The van der Waals surface area contributed by atoms with Gasteiger partial charge in [-0.1, -0.05) is 18.2 Å². The number of benzene rings is 1. The number of pyridine rings is 1. The van der Waals surface area contributed by atoms with Crippen molar-refractivity contribution in [2.45, 2.75) is 19.3 Å². The fourth-order valence-corrected chi connectivity index (χ4v) is 2.93. The standard InChI is InChI=1S/C15H12N2O/c18-13-7-3-6-11-15(13)14-9-4-1-2-5-10(9)16-8-12(14)17-11/h1-2,4-5,8,17H,3,6-7H2. The van der Waals surface area contributed by atoms with Crippen molar-refractivity contribution in [2.24, 2.45) is 0 Å². The highest BCUT2D eigenvalue weighted by Crippen LogP contribution is 2.33. The zero-order valence-electron chi connectivity index (χ0n) is 9.86. The molecule has 4 rings (SSSR count). The predicted molar refractivity (Wildman–Crippen MR) is 70.9 cm³/mol. The van der Waals surface area contributed by atoms with E-state index in [1.165, 1.54) is 0 Å². The second kappa shape index (κ2) is 3.42. The number of nitrogens with zero attached hydrogens (tertiary/aromatic N) is 1. The molecule has 88 valence electrons. The number of aromatic amines is 1. The number of H-pyrrole nitrogens is 1. The molecule has 0 aliphatic heterocycles. The van der Waals surface area contributed by atoms with Crippen molar-refractivity contribution in [1.29, 1.82) is 0 Å². The molecule has 3 aromatic rings. The summed E-state index contributed by atoms with van der Waals surface area (Å²) in [5.41, 5.74) is 3.91. The summed E-state index contributed by atoms with van der Waals surface area (Å²) in [6, 6.07) is 8.00. The van der Waals surface area contributed by atoms with Gasteiger partial charge < -0.3 is 4.98 Å². The molecule has 1 aliphatic rings. The van der Waals surface area contributed by atoms with Crippen molar-refractivity contribution < 1.29 is 4.79 Å². The van der Waals surface area contributed by atoms with Gasteiger partial charge in [-0.15, -0.1) is 0 Å². The lowest BCUT2D eigenvalue weighted by Gasteiger charge is -2.10. The number of aromatic nitrogens is 2. The van der Waals surface area contributed by atoms with Crippen LogP contribution < -0.4 is 0 Å². The summed E-state index contributed by atoms with van der Waals surface area (Å²) in [6.45, 7) is 0. The highest BCUT2D eigenvalue weighted by atomic mass is 16.1. The highest BCUT2D eigenvalue weighted by Gasteiger charge is 2.23. The largest absolute Gasteiger partial charge is 0.356 e. The van der Waals surface area contributed by atoms with E-state index in [1.54, 1.807) is 0 Å². The second-order valence-corrected chi connectivity index (χ2v) is 4.82. The molecule has 1 N–H and O–H groups in total. The number of ketones is 1. The number of hydrogen-bond acceptors (Lipinski definition) is 2. The van der Waals surface area contributed by atoms with Crippen molar-refractivity contribution >= 4 is 27.6 Å². The molecule has 0 spiro atoms. The maximum Gasteiger partial charge on any atom is 0.165 e. The van der Waals surface area contributed by atoms with Gasteiger partial charge in [0, 0.05) is 28.5 Å². The van der Waals surface area contributed by atoms with Crippen LogP contribution in [0.3, 0.4) is 0 Å². The molecule has 2 aromatic heterocycles. The summed E-state index contributed by atoms with van der Waals surface area (Å²) in [5, 5.41) is 2.13. The summed E-state index contributed by atoms with van der Waals surface area (Å²) in [7, 11) is 0. The van der Waals surface area contributed by atoms with E-state index in [1.807, 2.05) is 30.5 Å². The van der Waals surface area contributed by atoms with Gasteiger partial charge in [0.1, 0.15) is 0 Å². The molecule has 3 heteroatoms. The number of aryl methyl sites for hydroxylation is 1. The van der Waals surface area contributed by atoms with Gasteiger partial charge in [0.15, 0.2) is 5.78 Å². The maximum atomic E-state index is 12.2. The molecular formula is C15H12N2O. The number of carbonyl (C=O) groups is 1. The van der Waals surface area contributed by atoms with Crippen molar-refractivity contribution in [1.82, 2.24) is 9.97 Å². The Morgan fingerprint density at radius 3 is 3.00 bits per heavy atom. The van der Waals surface area contributed by atoms with E-state index in [4.69, 9.17) is 0 Å². The van der Waals surface area contributed by atoms with Crippen LogP contribution >= 0.6 is 0 Å². The Kier molecular flexibility index (Phi) is 1.87. The Bertz CT molecular complexity index is 786. The molecule has 0 unspecified atom stereocenters. The molecule has 0 fully saturated rings. The molecule has 0 atom stereocenters. The Balaban J connectivity index is 2.23. The monoisotopic (exact) mass is 236 g/mol. The Labute approximate surface area is 104 Å². The minimum absolute atomic E-state index is 0.263. The van der Waals surface area contributed by atoms with Gasteiger partial charge in [-0.05, 0) is 18.9 Å². The molecule has 0 radical (unpaired) electrons. The average molecular weight is 236 g/mol. The third kappa shape index (κ3) is 1.19. The van der Waals surface area contributed by atoms with E-state index in [-0.39, 0.29) is 5.78 Å². The predicted octanol–water partition coefficient (Wildman–Crippen LogP) is 3.24. The van der Waals surface area contributed by atoms with Crippen molar-refractivity contribution in [3.63, 3.8) is 0 Å². The first-order valence-electron chi connectivity index (χ1n) is 6.26. The number of rotatable bonds is 0. The van der Waals surface area contributed by atoms with E-state index >= 15 is 0 Å². The first kappa shape index (κ1) is 9.83. The molecule has 0 saturated heterocycles. The quantitative estimate of drug-likeness (QED) is 0.651. The summed E-state index contributed by atoms with van der Waals surface area (Å²) >= 11 is 0.